The smallest absolute Gasteiger partial charge is 0.337 e. The van der Waals surface area contributed by atoms with Crippen LogP contribution in [0.4, 0.5) is 5.69 Å². The number of aryl methyl sites for hydroxylation is 1. The van der Waals surface area contributed by atoms with Crippen LogP contribution >= 0.6 is 15.9 Å². The van der Waals surface area contributed by atoms with Crippen molar-refractivity contribution >= 4 is 37.6 Å². The fourth-order valence-corrected chi connectivity index (χ4v) is 3.19. The van der Waals surface area contributed by atoms with E-state index in [4.69, 9.17) is 0 Å². The molecule has 116 valence electrons. The molecule has 1 N–H and O–H groups in total. The second-order valence-electron chi connectivity index (χ2n) is 4.59. The monoisotopic (exact) mass is 383 g/mol. The maximum atomic E-state index is 12.3. The van der Waals surface area contributed by atoms with Crippen LogP contribution in [0, 0.1) is 6.92 Å². The SMILES string of the molecule is COC(=O)c1ccc(S(=O)(=O)Nc2ccc(C)c(Br)c2)cc1. The summed E-state index contributed by atoms with van der Waals surface area (Å²) < 4.78 is 32.5. The molecule has 0 amide bonds. The molecule has 0 aromatic heterocycles. The molecule has 0 spiro atoms. The number of anilines is 1. The Kier molecular flexibility index (Phi) is 4.87. The third kappa shape index (κ3) is 3.66. The third-order valence-electron chi connectivity index (χ3n) is 3.01. The number of carbonyl (C=O) groups excluding carboxylic acids is 1. The lowest BCUT2D eigenvalue weighted by Gasteiger charge is -2.09. The summed E-state index contributed by atoms with van der Waals surface area (Å²) in [6.45, 7) is 1.91. The van der Waals surface area contributed by atoms with Gasteiger partial charge < -0.3 is 4.74 Å². The van der Waals surface area contributed by atoms with Crippen molar-refractivity contribution in [1.82, 2.24) is 0 Å². The summed E-state index contributed by atoms with van der Waals surface area (Å²) in [4.78, 5) is 11.4. The molecular weight excluding hydrogens is 370 g/mol. The van der Waals surface area contributed by atoms with E-state index in [-0.39, 0.29) is 4.90 Å². The molecule has 2 aromatic carbocycles. The van der Waals surface area contributed by atoms with E-state index in [2.05, 4.69) is 25.4 Å². The number of nitrogens with one attached hydrogen (secondary N) is 1. The first kappa shape index (κ1) is 16.5. The number of hydrogen-bond acceptors (Lipinski definition) is 4. The molecule has 22 heavy (non-hydrogen) atoms. The van der Waals surface area contributed by atoms with Gasteiger partial charge in [-0.2, -0.15) is 0 Å². The Morgan fingerprint density at radius 1 is 1.14 bits per heavy atom. The predicted molar refractivity (Wildman–Crippen MR) is 87.5 cm³/mol. The second kappa shape index (κ2) is 6.50. The maximum Gasteiger partial charge on any atom is 0.337 e. The summed E-state index contributed by atoms with van der Waals surface area (Å²) in [5.74, 6) is -0.514. The molecule has 0 heterocycles. The molecular formula is C15H14BrNO4S. The second-order valence-corrected chi connectivity index (χ2v) is 7.12. The Hall–Kier alpha value is -1.86. The highest BCUT2D eigenvalue weighted by Crippen LogP contribution is 2.23. The van der Waals surface area contributed by atoms with E-state index < -0.39 is 16.0 Å². The summed E-state index contributed by atoms with van der Waals surface area (Å²) in [6, 6.07) is 10.7. The van der Waals surface area contributed by atoms with Crippen LogP contribution in [-0.4, -0.2) is 21.5 Å². The normalized spacial score (nSPS) is 11.0. The van der Waals surface area contributed by atoms with Gasteiger partial charge in [0.05, 0.1) is 17.6 Å². The summed E-state index contributed by atoms with van der Waals surface area (Å²) in [6.07, 6.45) is 0. The fraction of sp³-hybridized carbons (Fsp3) is 0.133. The van der Waals surface area contributed by atoms with Gasteiger partial charge in [0.1, 0.15) is 0 Å². The van der Waals surface area contributed by atoms with E-state index in [0.29, 0.717) is 11.3 Å². The van der Waals surface area contributed by atoms with Crippen LogP contribution in [-0.2, 0) is 14.8 Å². The van der Waals surface area contributed by atoms with Crippen LogP contribution < -0.4 is 4.72 Å². The summed E-state index contributed by atoms with van der Waals surface area (Å²) in [5.41, 5.74) is 1.75. The first-order chi connectivity index (χ1) is 10.3. The molecule has 7 heteroatoms. The van der Waals surface area contributed by atoms with E-state index >= 15 is 0 Å². The van der Waals surface area contributed by atoms with Crippen molar-refractivity contribution in [3.8, 4) is 0 Å². The molecule has 0 aliphatic rings. The summed E-state index contributed by atoms with van der Waals surface area (Å²) in [7, 11) is -2.45. The number of sulfonamides is 1. The fourth-order valence-electron chi connectivity index (χ4n) is 1.76. The first-order valence-electron chi connectivity index (χ1n) is 6.31. The molecule has 0 aliphatic carbocycles. The van der Waals surface area contributed by atoms with Crippen molar-refractivity contribution in [3.05, 3.63) is 58.1 Å². The van der Waals surface area contributed by atoms with Crippen LogP contribution in [0.3, 0.4) is 0 Å². The van der Waals surface area contributed by atoms with Gasteiger partial charge in [-0.05, 0) is 48.9 Å². The summed E-state index contributed by atoms with van der Waals surface area (Å²) >= 11 is 3.36. The zero-order valence-electron chi connectivity index (χ0n) is 12.0. The van der Waals surface area contributed by atoms with Gasteiger partial charge in [0.25, 0.3) is 10.0 Å². The molecule has 5 nitrogen and oxygen atoms in total. The molecule has 0 saturated heterocycles. The van der Waals surface area contributed by atoms with Crippen molar-refractivity contribution in [2.45, 2.75) is 11.8 Å². The van der Waals surface area contributed by atoms with E-state index in [1.54, 1.807) is 12.1 Å². The highest BCUT2D eigenvalue weighted by Gasteiger charge is 2.15. The molecule has 0 saturated carbocycles. The van der Waals surface area contributed by atoms with Crippen molar-refractivity contribution < 1.29 is 17.9 Å². The zero-order chi connectivity index (χ0) is 16.3. The lowest BCUT2D eigenvalue weighted by molar-refractivity contribution is 0.0600. The van der Waals surface area contributed by atoms with Gasteiger partial charge in [-0.1, -0.05) is 22.0 Å². The van der Waals surface area contributed by atoms with Crippen LogP contribution in [0.1, 0.15) is 15.9 Å². The van der Waals surface area contributed by atoms with Gasteiger partial charge in [-0.3, -0.25) is 4.72 Å². The number of ether oxygens (including phenoxy) is 1. The molecule has 0 fully saturated rings. The minimum Gasteiger partial charge on any atom is -0.465 e. The predicted octanol–water partition coefficient (Wildman–Crippen LogP) is 3.34. The van der Waals surface area contributed by atoms with Gasteiger partial charge >= 0.3 is 5.97 Å². The van der Waals surface area contributed by atoms with Crippen molar-refractivity contribution in [2.24, 2.45) is 0 Å². The van der Waals surface area contributed by atoms with Crippen molar-refractivity contribution in [3.63, 3.8) is 0 Å². The highest BCUT2D eigenvalue weighted by atomic mass is 79.9. The quantitative estimate of drug-likeness (QED) is 0.821. The lowest BCUT2D eigenvalue weighted by atomic mass is 10.2. The highest BCUT2D eigenvalue weighted by molar-refractivity contribution is 9.10. The third-order valence-corrected chi connectivity index (χ3v) is 5.26. The van der Waals surface area contributed by atoms with Crippen LogP contribution in [0.5, 0.6) is 0 Å². The Bertz CT molecular complexity index is 801. The molecule has 0 radical (unpaired) electrons. The number of rotatable bonds is 4. The summed E-state index contributed by atoms with van der Waals surface area (Å²) in [5, 5.41) is 0. The Balaban J connectivity index is 2.26. The van der Waals surface area contributed by atoms with Crippen LogP contribution in [0.2, 0.25) is 0 Å². The van der Waals surface area contributed by atoms with Crippen molar-refractivity contribution in [1.29, 1.82) is 0 Å². The van der Waals surface area contributed by atoms with E-state index in [1.807, 2.05) is 13.0 Å². The minimum absolute atomic E-state index is 0.0665. The Morgan fingerprint density at radius 3 is 2.32 bits per heavy atom. The van der Waals surface area contributed by atoms with Crippen molar-refractivity contribution in [2.75, 3.05) is 11.8 Å². The Labute approximate surface area is 137 Å². The number of methoxy groups -OCH3 is 1. The molecule has 2 rings (SSSR count). The largest absolute Gasteiger partial charge is 0.465 e. The molecule has 0 aliphatic heterocycles. The van der Waals surface area contributed by atoms with E-state index in [0.717, 1.165) is 10.0 Å². The van der Waals surface area contributed by atoms with E-state index in [1.165, 1.54) is 31.4 Å². The van der Waals surface area contributed by atoms with Gasteiger partial charge in [0, 0.05) is 10.2 Å². The van der Waals surface area contributed by atoms with Gasteiger partial charge in [0.2, 0.25) is 0 Å². The number of carbonyl (C=O) groups is 1. The standard InChI is InChI=1S/C15H14BrNO4S/c1-10-3-6-12(9-14(10)16)17-22(19,20)13-7-4-11(5-8-13)15(18)21-2/h3-9,17H,1-2H3. The number of benzene rings is 2. The molecule has 2 aromatic rings. The average Bonchev–Trinajstić information content (AvgIpc) is 2.50. The van der Waals surface area contributed by atoms with E-state index in [9.17, 15) is 13.2 Å². The number of esters is 1. The van der Waals surface area contributed by atoms with Gasteiger partial charge in [-0.15, -0.1) is 0 Å². The lowest BCUT2D eigenvalue weighted by Crippen LogP contribution is -2.13. The zero-order valence-corrected chi connectivity index (χ0v) is 14.4. The number of halogens is 1. The average molecular weight is 384 g/mol. The molecule has 0 atom stereocenters. The topological polar surface area (TPSA) is 72.5 Å². The van der Waals surface area contributed by atoms with Gasteiger partial charge in [0.15, 0.2) is 0 Å². The first-order valence-corrected chi connectivity index (χ1v) is 8.58. The Morgan fingerprint density at radius 2 is 1.77 bits per heavy atom. The maximum absolute atomic E-state index is 12.3. The van der Waals surface area contributed by atoms with Gasteiger partial charge in [-0.25, -0.2) is 13.2 Å². The number of hydrogen-bond donors (Lipinski definition) is 1. The molecule has 0 unspecified atom stereocenters. The minimum atomic E-state index is -3.72. The van der Waals surface area contributed by atoms with Crippen LogP contribution in [0.15, 0.2) is 51.8 Å². The molecule has 0 bridgehead atoms. The van der Waals surface area contributed by atoms with Crippen LogP contribution in [0.25, 0.3) is 0 Å².